The Bertz CT molecular complexity index is 945. The number of Topliss-reactive ketones (excluding diaryl/α,β-unsaturated/α-hetero) is 1. The van der Waals surface area contributed by atoms with Gasteiger partial charge in [0.1, 0.15) is 5.52 Å². The summed E-state index contributed by atoms with van der Waals surface area (Å²) >= 11 is 0. The molecule has 2 aromatic carbocycles. The summed E-state index contributed by atoms with van der Waals surface area (Å²) in [6, 6.07) is 11.6. The predicted molar refractivity (Wildman–Crippen MR) is 112 cm³/mol. The number of oxazole rings is 1. The molecule has 142 valence electrons. The van der Waals surface area contributed by atoms with Crippen LogP contribution in [-0.4, -0.2) is 24.2 Å². The summed E-state index contributed by atoms with van der Waals surface area (Å²) in [5, 5.41) is 3.09. The zero-order valence-electron chi connectivity index (χ0n) is 16.2. The lowest BCUT2D eigenvalue weighted by molar-refractivity contribution is 0.0982. The Labute approximate surface area is 159 Å². The number of nitrogens with one attached hydrogen (secondary N) is 1. The molecule has 3 N–H and O–H groups in total. The summed E-state index contributed by atoms with van der Waals surface area (Å²) in [6.45, 7) is 5.99. The van der Waals surface area contributed by atoms with Gasteiger partial charge in [-0.2, -0.15) is 4.98 Å². The fourth-order valence-electron chi connectivity index (χ4n) is 2.71. The average molecular weight is 366 g/mol. The minimum Gasteiger partial charge on any atom is -0.424 e. The van der Waals surface area contributed by atoms with Gasteiger partial charge in [-0.15, -0.1) is 0 Å². The predicted octanol–water partition coefficient (Wildman–Crippen LogP) is 5.16. The maximum atomic E-state index is 12.3. The zero-order chi connectivity index (χ0) is 19.8. The Kier molecular flexibility index (Phi) is 7.11. The number of nitrogens with two attached hydrogens (primary N) is 1. The van der Waals surface area contributed by atoms with Crippen LogP contribution in [0.4, 0.5) is 11.7 Å². The number of carbonyl (C=O) groups is 1. The molecular formula is C21H26N4O2. The molecule has 0 fully saturated rings. The van der Waals surface area contributed by atoms with Gasteiger partial charge in [0.05, 0.1) is 12.0 Å². The summed E-state index contributed by atoms with van der Waals surface area (Å²) in [6.07, 6.45) is 2.90. The van der Waals surface area contributed by atoms with Gasteiger partial charge in [-0.1, -0.05) is 32.9 Å². The van der Waals surface area contributed by atoms with Gasteiger partial charge in [-0.3, -0.25) is 9.79 Å². The maximum Gasteiger partial charge on any atom is 0.292 e. The van der Waals surface area contributed by atoms with Crippen LogP contribution in [0.25, 0.3) is 22.2 Å². The Morgan fingerprint density at radius 3 is 2.63 bits per heavy atom. The van der Waals surface area contributed by atoms with E-state index in [1.165, 1.54) is 0 Å². The fourth-order valence-corrected chi connectivity index (χ4v) is 2.71. The van der Waals surface area contributed by atoms with E-state index in [2.05, 4.69) is 15.3 Å². The van der Waals surface area contributed by atoms with Crippen molar-refractivity contribution in [1.29, 1.82) is 0 Å². The van der Waals surface area contributed by atoms with E-state index in [4.69, 9.17) is 10.2 Å². The summed E-state index contributed by atoms with van der Waals surface area (Å²) in [7, 11) is 1.67. The smallest absolute Gasteiger partial charge is 0.292 e. The van der Waals surface area contributed by atoms with Crippen molar-refractivity contribution in [2.75, 3.05) is 18.1 Å². The number of carbonyl (C=O) groups excluding carboxylic acids is 1. The number of anilines is 2. The summed E-state index contributed by atoms with van der Waals surface area (Å²) in [5.41, 5.74) is 10.3. The number of hydrogen-bond donors (Lipinski definition) is 2. The number of nitrogens with zero attached hydrogens (tertiary/aromatic N) is 2. The Morgan fingerprint density at radius 1 is 1.22 bits per heavy atom. The first-order valence-corrected chi connectivity index (χ1v) is 9.13. The topological polar surface area (TPSA) is 93.5 Å². The van der Waals surface area contributed by atoms with Crippen molar-refractivity contribution in [3.63, 3.8) is 0 Å². The molecule has 0 saturated carbocycles. The Morgan fingerprint density at radius 2 is 1.93 bits per heavy atom. The molecule has 6 heteroatoms. The highest BCUT2D eigenvalue weighted by atomic mass is 16.4. The Hall–Kier alpha value is -3.15. The van der Waals surface area contributed by atoms with E-state index in [0.29, 0.717) is 23.1 Å². The van der Waals surface area contributed by atoms with Gasteiger partial charge < -0.3 is 15.5 Å². The van der Waals surface area contributed by atoms with E-state index in [1.54, 1.807) is 13.4 Å². The fraction of sp³-hybridized carbons (Fsp3) is 0.286. The van der Waals surface area contributed by atoms with E-state index < -0.39 is 0 Å². The summed E-state index contributed by atoms with van der Waals surface area (Å²) in [4.78, 5) is 20.4. The SMILES string of the molecule is CC.CCCC(=O)c1ccc(-c2ccc3oc(N)nc3c2)cc1NC=NC. The number of benzene rings is 2. The number of hydrogen-bond acceptors (Lipinski definition) is 5. The second-order valence-corrected chi connectivity index (χ2v) is 5.70. The highest BCUT2D eigenvalue weighted by molar-refractivity contribution is 6.03. The van der Waals surface area contributed by atoms with Gasteiger partial charge in [-0.05, 0) is 41.8 Å². The molecule has 0 radical (unpaired) electrons. The highest BCUT2D eigenvalue weighted by Crippen LogP contribution is 2.29. The third-order valence-electron chi connectivity index (χ3n) is 3.88. The van der Waals surface area contributed by atoms with Crippen molar-refractivity contribution >= 4 is 34.9 Å². The van der Waals surface area contributed by atoms with Crippen LogP contribution < -0.4 is 11.1 Å². The molecule has 0 unspecified atom stereocenters. The first-order chi connectivity index (χ1) is 13.1. The van der Waals surface area contributed by atoms with Crippen LogP contribution in [0.3, 0.4) is 0 Å². The van der Waals surface area contributed by atoms with Crippen LogP contribution in [0, 0.1) is 0 Å². The van der Waals surface area contributed by atoms with Crippen molar-refractivity contribution in [3.05, 3.63) is 42.0 Å². The van der Waals surface area contributed by atoms with Crippen LogP contribution in [0.2, 0.25) is 0 Å². The molecule has 0 aliphatic rings. The van der Waals surface area contributed by atoms with Crippen LogP contribution >= 0.6 is 0 Å². The molecule has 1 aromatic heterocycles. The number of ketones is 1. The molecule has 0 amide bonds. The molecule has 0 bridgehead atoms. The molecular weight excluding hydrogens is 340 g/mol. The van der Waals surface area contributed by atoms with E-state index in [9.17, 15) is 4.79 Å². The number of rotatable bonds is 6. The minimum absolute atomic E-state index is 0.112. The van der Waals surface area contributed by atoms with E-state index in [-0.39, 0.29) is 11.8 Å². The third kappa shape index (κ3) is 4.73. The van der Waals surface area contributed by atoms with Crippen LogP contribution in [0.15, 0.2) is 45.8 Å². The first kappa shape index (κ1) is 20.2. The molecule has 27 heavy (non-hydrogen) atoms. The van der Waals surface area contributed by atoms with Crippen molar-refractivity contribution in [2.45, 2.75) is 33.6 Å². The minimum atomic E-state index is 0.112. The maximum absolute atomic E-state index is 12.3. The molecule has 6 nitrogen and oxygen atoms in total. The van der Waals surface area contributed by atoms with Crippen LogP contribution in [-0.2, 0) is 0 Å². The molecule has 0 aliphatic heterocycles. The van der Waals surface area contributed by atoms with Crippen molar-refractivity contribution in [3.8, 4) is 11.1 Å². The van der Waals surface area contributed by atoms with Gasteiger partial charge in [0, 0.05) is 19.0 Å². The highest BCUT2D eigenvalue weighted by Gasteiger charge is 2.12. The van der Waals surface area contributed by atoms with E-state index >= 15 is 0 Å². The molecule has 0 atom stereocenters. The van der Waals surface area contributed by atoms with Gasteiger partial charge in [0.2, 0.25) is 0 Å². The zero-order valence-corrected chi connectivity index (χ0v) is 16.2. The van der Waals surface area contributed by atoms with Crippen LogP contribution in [0.5, 0.6) is 0 Å². The van der Waals surface area contributed by atoms with Crippen LogP contribution in [0.1, 0.15) is 44.0 Å². The van der Waals surface area contributed by atoms with Crippen molar-refractivity contribution in [1.82, 2.24) is 4.98 Å². The molecule has 3 aromatic rings. The Balaban J connectivity index is 0.00000126. The molecule has 0 saturated heterocycles. The number of aromatic nitrogens is 1. The lowest BCUT2D eigenvalue weighted by Crippen LogP contribution is -2.05. The molecule has 0 aliphatic carbocycles. The third-order valence-corrected chi connectivity index (χ3v) is 3.88. The second-order valence-electron chi connectivity index (χ2n) is 5.70. The summed E-state index contributed by atoms with van der Waals surface area (Å²) in [5.74, 6) is 0.112. The molecule has 3 rings (SSSR count). The number of nitrogen functional groups attached to an aromatic ring is 1. The molecule has 0 spiro atoms. The lowest BCUT2D eigenvalue weighted by atomic mass is 9.98. The number of fused-ring (bicyclic) bond motifs is 1. The van der Waals surface area contributed by atoms with Gasteiger partial charge in [-0.25, -0.2) is 0 Å². The quantitative estimate of drug-likeness (QED) is 0.357. The van der Waals surface area contributed by atoms with Gasteiger partial charge in [0.25, 0.3) is 6.01 Å². The average Bonchev–Trinajstić information content (AvgIpc) is 3.07. The van der Waals surface area contributed by atoms with E-state index in [1.807, 2.05) is 57.2 Å². The largest absolute Gasteiger partial charge is 0.424 e. The number of aliphatic imine (C=N–C) groups is 1. The lowest BCUT2D eigenvalue weighted by Gasteiger charge is -2.11. The standard InChI is InChI=1S/C19H20N4O2.C2H6/c1-3-4-17(24)14-7-5-12(9-15(14)22-11-21-2)13-6-8-18-16(10-13)23-19(20)25-18;1-2/h5-11H,3-4H2,1-2H3,(H2,20,23)(H,21,22);1-2H3. The first-order valence-electron chi connectivity index (χ1n) is 9.13. The normalized spacial score (nSPS) is 10.7. The van der Waals surface area contributed by atoms with E-state index in [0.717, 1.165) is 23.2 Å². The van der Waals surface area contributed by atoms with Crippen molar-refractivity contribution in [2.24, 2.45) is 4.99 Å². The van der Waals surface area contributed by atoms with Gasteiger partial charge in [0.15, 0.2) is 11.4 Å². The van der Waals surface area contributed by atoms with Gasteiger partial charge >= 0.3 is 0 Å². The second kappa shape index (κ2) is 9.52. The van der Waals surface area contributed by atoms with Crippen molar-refractivity contribution < 1.29 is 9.21 Å². The molecule has 1 heterocycles. The monoisotopic (exact) mass is 366 g/mol. The summed E-state index contributed by atoms with van der Waals surface area (Å²) < 4.78 is 5.31.